The summed E-state index contributed by atoms with van der Waals surface area (Å²) < 4.78 is 6.94. The summed E-state index contributed by atoms with van der Waals surface area (Å²) in [4.78, 5) is 11.2. The molecule has 0 bridgehead atoms. The fourth-order valence-corrected chi connectivity index (χ4v) is 2.94. The Kier molecular flexibility index (Phi) is 4.60. The molecule has 0 radical (unpaired) electrons. The van der Waals surface area contributed by atoms with Gasteiger partial charge in [0.1, 0.15) is 11.4 Å². The van der Waals surface area contributed by atoms with Crippen LogP contribution in [0.4, 0.5) is 0 Å². The summed E-state index contributed by atoms with van der Waals surface area (Å²) in [5.74, 6) is -0.159. The van der Waals surface area contributed by atoms with E-state index in [-0.39, 0.29) is 5.56 Å². The molecule has 0 aliphatic heterocycles. The predicted octanol–water partition coefficient (Wildman–Crippen LogP) is 4.31. The molecule has 0 atom stereocenters. The van der Waals surface area contributed by atoms with Crippen LogP contribution in [0.1, 0.15) is 10.4 Å². The van der Waals surface area contributed by atoms with Gasteiger partial charge in [-0.1, -0.05) is 41.6 Å². The van der Waals surface area contributed by atoms with E-state index in [1.54, 1.807) is 36.2 Å². The maximum absolute atomic E-state index is 11.2. The lowest BCUT2D eigenvalue weighted by Crippen LogP contribution is -1.95. The molecule has 0 saturated carbocycles. The van der Waals surface area contributed by atoms with E-state index < -0.39 is 5.97 Å². The maximum Gasteiger partial charge on any atom is 0.335 e. The third-order valence-electron chi connectivity index (χ3n) is 4.43. The molecule has 138 valence electrons. The third-order valence-corrected chi connectivity index (χ3v) is 4.43. The molecule has 4 rings (SSSR count). The monoisotopic (exact) mass is 371 g/mol. The first kappa shape index (κ1) is 17.5. The Morgan fingerprint density at radius 2 is 1.68 bits per heavy atom. The van der Waals surface area contributed by atoms with Gasteiger partial charge in [0.15, 0.2) is 0 Å². The van der Waals surface area contributed by atoms with E-state index in [4.69, 9.17) is 9.84 Å². The summed E-state index contributed by atoms with van der Waals surface area (Å²) in [5, 5.41) is 17.5. The Labute approximate surface area is 161 Å². The zero-order valence-corrected chi connectivity index (χ0v) is 15.1. The van der Waals surface area contributed by atoms with Crippen LogP contribution in [0.2, 0.25) is 0 Å². The van der Waals surface area contributed by atoms with Gasteiger partial charge >= 0.3 is 5.97 Å². The van der Waals surface area contributed by atoms with Crippen LogP contribution in [-0.4, -0.2) is 33.2 Å². The average molecular weight is 371 g/mol. The van der Waals surface area contributed by atoms with E-state index in [1.807, 2.05) is 54.6 Å². The standard InChI is InChI=1S/C22H17N3O3/c1-28-20-7-3-4-16(13-20)15-8-10-19(11-9-15)25-14-21(23-24-25)17-5-2-6-18(12-17)22(26)27/h2-14H,1H3,(H,26,27). The second-order valence-electron chi connectivity index (χ2n) is 6.21. The Bertz CT molecular complexity index is 1130. The molecule has 4 aromatic rings. The van der Waals surface area contributed by atoms with Gasteiger partial charge in [0.05, 0.1) is 24.6 Å². The van der Waals surface area contributed by atoms with E-state index in [0.29, 0.717) is 11.3 Å². The van der Waals surface area contributed by atoms with Gasteiger partial charge in [-0.25, -0.2) is 9.48 Å². The van der Waals surface area contributed by atoms with E-state index >= 15 is 0 Å². The predicted molar refractivity (Wildman–Crippen MR) is 106 cm³/mol. The number of aromatic carboxylic acids is 1. The first-order valence-corrected chi connectivity index (χ1v) is 8.65. The van der Waals surface area contributed by atoms with Gasteiger partial charge in [0, 0.05) is 5.56 Å². The van der Waals surface area contributed by atoms with Crippen LogP contribution >= 0.6 is 0 Å². The zero-order chi connectivity index (χ0) is 19.5. The van der Waals surface area contributed by atoms with Gasteiger partial charge in [-0.3, -0.25) is 0 Å². The van der Waals surface area contributed by atoms with Crippen LogP contribution in [0.3, 0.4) is 0 Å². The highest BCUT2D eigenvalue weighted by Crippen LogP contribution is 2.25. The van der Waals surface area contributed by atoms with Crippen LogP contribution in [-0.2, 0) is 0 Å². The number of carboxylic acid groups (broad SMARTS) is 1. The second kappa shape index (κ2) is 7.36. The summed E-state index contributed by atoms with van der Waals surface area (Å²) in [5.41, 5.74) is 4.53. The lowest BCUT2D eigenvalue weighted by molar-refractivity contribution is 0.0697. The summed E-state index contributed by atoms with van der Waals surface area (Å²) >= 11 is 0. The molecule has 0 aliphatic rings. The van der Waals surface area contributed by atoms with Gasteiger partial charge in [-0.15, -0.1) is 5.10 Å². The topological polar surface area (TPSA) is 77.2 Å². The highest BCUT2D eigenvalue weighted by atomic mass is 16.5. The Hall–Kier alpha value is -3.93. The Balaban J connectivity index is 1.60. The summed E-state index contributed by atoms with van der Waals surface area (Å²) in [7, 11) is 1.65. The first-order valence-electron chi connectivity index (χ1n) is 8.65. The highest BCUT2D eigenvalue weighted by molar-refractivity contribution is 5.89. The summed E-state index contributed by atoms with van der Waals surface area (Å²) in [6, 6.07) is 22.5. The maximum atomic E-state index is 11.2. The van der Waals surface area contributed by atoms with Gasteiger partial charge in [0.2, 0.25) is 0 Å². The molecule has 0 fully saturated rings. The molecule has 1 N–H and O–H groups in total. The molecule has 28 heavy (non-hydrogen) atoms. The largest absolute Gasteiger partial charge is 0.497 e. The Morgan fingerprint density at radius 3 is 2.43 bits per heavy atom. The third kappa shape index (κ3) is 3.48. The van der Waals surface area contributed by atoms with Crippen LogP contribution in [0.25, 0.3) is 28.1 Å². The molecule has 3 aromatic carbocycles. The lowest BCUT2D eigenvalue weighted by atomic mass is 10.1. The van der Waals surface area contributed by atoms with Crippen LogP contribution in [0.5, 0.6) is 5.75 Å². The fraction of sp³-hybridized carbons (Fsp3) is 0.0455. The lowest BCUT2D eigenvalue weighted by Gasteiger charge is -2.06. The van der Waals surface area contributed by atoms with Crippen molar-refractivity contribution in [3.05, 3.63) is 84.6 Å². The highest BCUT2D eigenvalue weighted by Gasteiger charge is 2.09. The van der Waals surface area contributed by atoms with Crippen molar-refractivity contribution < 1.29 is 14.6 Å². The minimum atomic E-state index is -0.970. The van der Waals surface area contributed by atoms with Crippen LogP contribution in [0, 0.1) is 0 Å². The molecule has 6 nitrogen and oxygen atoms in total. The average Bonchev–Trinajstić information content (AvgIpc) is 3.24. The number of carbonyl (C=O) groups is 1. The number of hydrogen-bond acceptors (Lipinski definition) is 4. The number of benzene rings is 3. The van der Waals surface area contributed by atoms with E-state index in [1.165, 1.54) is 0 Å². The van der Waals surface area contributed by atoms with Crippen molar-refractivity contribution >= 4 is 5.97 Å². The number of methoxy groups -OCH3 is 1. The number of aromatic nitrogens is 3. The molecular formula is C22H17N3O3. The zero-order valence-electron chi connectivity index (χ0n) is 15.1. The molecule has 0 unspecified atom stereocenters. The molecule has 0 saturated heterocycles. The number of nitrogens with zero attached hydrogens (tertiary/aromatic N) is 3. The number of ether oxygens (including phenoxy) is 1. The normalized spacial score (nSPS) is 10.6. The van der Waals surface area contributed by atoms with Crippen LogP contribution < -0.4 is 4.74 Å². The molecule has 0 amide bonds. The molecule has 1 aromatic heterocycles. The second-order valence-corrected chi connectivity index (χ2v) is 6.21. The van der Waals surface area contributed by atoms with Crippen molar-refractivity contribution in [3.8, 4) is 33.8 Å². The van der Waals surface area contributed by atoms with Gasteiger partial charge in [-0.05, 0) is 47.5 Å². The van der Waals surface area contributed by atoms with Crippen LogP contribution in [0.15, 0.2) is 79.0 Å². The van der Waals surface area contributed by atoms with E-state index in [9.17, 15) is 4.79 Å². The van der Waals surface area contributed by atoms with Gasteiger partial charge < -0.3 is 9.84 Å². The first-order chi connectivity index (χ1) is 13.6. The number of carboxylic acids is 1. The molecule has 0 spiro atoms. The van der Waals surface area contributed by atoms with Crippen molar-refractivity contribution in [2.24, 2.45) is 0 Å². The molecule has 1 heterocycles. The summed E-state index contributed by atoms with van der Waals surface area (Å²) in [6.45, 7) is 0. The molecule has 0 aliphatic carbocycles. The van der Waals surface area contributed by atoms with Crippen molar-refractivity contribution in [3.63, 3.8) is 0 Å². The van der Waals surface area contributed by atoms with Crippen molar-refractivity contribution in [1.29, 1.82) is 0 Å². The molecule has 6 heteroatoms. The van der Waals surface area contributed by atoms with Crippen molar-refractivity contribution in [2.75, 3.05) is 7.11 Å². The SMILES string of the molecule is COc1cccc(-c2ccc(-n3cc(-c4cccc(C(=O)O)c4)nn3)cc2)c1. The van der Waals surface area contributed by atoms with E-state index in [0.717, 1.165) is 22.6 Å². The van der Waals surface area contributed by atoms with Crippen molar-refractivity contribution in [1.82, 2.24) is 15.0 Å². The number of rotatable bonds is 5. The number of hydrogen-bond donors (Lipinski definition) is 1. The van der Waals surface area contributed by atoms with Crippen molar-refractivity contribution in [2.45, 2.75) is 0 Å². The fourth-order valence-electron chi connectivity index (χ4n) is 2.94. The van der Waals surface area contributed by atoms with E-state index in [2.05, 4.69) is 10.3 Å². The quantitative estimate of drug-likeness (QED) is 0.566. The smallest absolute Gasteiger partial charge is 0.335 e. The minimum absolute atomic E-state index is 0.217. The van der Waals surface area contributed by atoms with Gasteiger partial charge in [0.25, 0.3) is 0 Å². The molecular weight excluding hydrogens is 354 g/mol. The van der Waals surface area contributed by atoms with Gasteiger partial charge in [-0.2, -0.15) is 0 Å². The minimum Gasteiger partial charge on any atom is -0.497 e. The summed E-state index contributed by atoms with van der Waals surface area (Å²) in [6.07, 6.45) is 1.78. The Morgan fingerprint density at radius 1 is 0.929 bits per heavy atom.